The first-order valence-electron chi connectivity index (χ1n) is 11.5. The standard InChI is InChI=1S/C30H26N2O2S/c1-21-14-16-26(17-15-21)35(33,34)32-29-13-5-4-12-28(29)31-30(32)20-27(24-10-6-8-22(2)18-24)25-11-7-9-23(3)19-25/h4-20H,1-3H3. The highest BCUT2D eigenvalue weighted by Crippen LogP contribution is 2.30. The van der Waals surface area contributed by atoms with Crippen molar-refractivity contribution in [3.05, 3.63) is 131 Å². The first-order valence-corrected chi connectivity index (χ1v) is 12.9. The third-order valence-corrected chi connectivity index (χ3v) is 7.77. The molecule has 1 heterocycles. The van der Waals surface area contributed by atoms with E-state index in [0.29, 0.717) is 16.9 Å². The Morgan fingerprint density at radius 1 is 0.714 bits per heavy atom. The van der Waals surface area contributed by atoms with Crippen LogP contribution in [0.25, 0.3) is 22.7 Å². The molecule has 0 N–H and O–H groups in total. The van der Waals surface area contributed by atoms with E-state index in [1.165, 1.54) is 3.97 Å². The van der Waals surface area contributed by atoms with Crippen molar-refractivity contribution < 1.29 is 8.42 Å². The summed E-state index contributed by atoms with van der Waals surface area (Å²) in [5.41, 5.74) is 7.34. The molecule has 0 saturated carbocycles. The lowest BCUT2D eigenvalue weighted by Crippen LogP contribution is -2.14. The van der Waals surface area contributed by atoms with Gasteiger partial charge in [-0.25, -0.2) is 17.4 Å². The van der Waals surface area contributed by atoms with Crippen LogP contribution in [0.3, 0.4) is 0 Å². The predicted octanol–water partition coefficient (Wildman–Crippen LogP) is 6.79. The fraction of sp³-hybridized carbons (Fsp3) is 0.100. The Hall–Kier alpha value is -3.96. The van der Waals surface area contributed by atoms with Crippen LogP contribution in [0.4, 0.5) is 0 Å². The normalized spacial score (nSPS) is 11.5. The molecule has 1 aromatic heterocycles. The largest absolute Gasteiger partial charge is 0.269 e. The van der Waals surface area contributed by atoms with E-state index in [0.717, 1.165) is 33.4 Å². The second-order valence-corrected chi connectivity index (χ2v) is 10.6. The molecule has 5 aromatic rings. The average Bonchev–Trinajstić information content (AvgIpc) is 3.22. The number of benzene rings is 4. The molecule has 35 heavy (non-hydrogen) atoms. The van der Waals surface area contributed by atoms with Gasteiger partial charge in [-0.15, -0.1) is 0 Å². The number of rotatable bonds is 5. The van der Waals surface area contributed by atoms with Gasteiger partial charge in [-0.05, 0) is 67.8 Å². The van der Waals surface area contributed by atoms with Crippen LogP contribution in [0.1, 0.15) is 33.6 Å². The van der Waals surface area contributed by atoms with Gasteiger partial charge < -0.3 is 0 Å². The molecule has 0 aliphatic carbocycles. The molecule has 0 atom stereocenters. The van der Waals surface area contributed by atoms with Crippen molar-refractivity contribution in [1.29, 1.82) is 0 Å². The molecule has 0 spiro atoms. The van der Waals surface area contributed by atoms with Crippen LogP contribution < -0.4 is 0 Å². The van der Waals surface area contributed by atoms with Crippen molar-refractivity contribution in [2.75, 3.05) is 0 Å². The minimum Gasteiger partial charge on any atom is -0.228 e. The van der Waals surface area contributed by atoms with E-state index >= 15 is 0 Å². The monoisotopic (exact) mass is 478 g/mol. The van der Waals surface area contributed by atoms with Crippen LogP contribution in [-0.2, 0) is 10.0 Å². The van der Waals surface area contributed by atoms with Crippen LogP contribution >= 0.6 is 0 Å². The Labute approximate surface area is 206 Å². The Morgan fingerprint density at radius 3 is 1.91 bits per heavy atom. The van der Waals surface area contributed by atoms with Gasteiger partial charge >= 0.3 is 0 Å². The van der Waals surface area contributed by atoms with Gasteiger partial charge in [0, 0.05) is 0 Å². The molecule has 0 radical (unpaired) electrons. The molecule has 174 valence electrons. The van der Waals surface area contributed by atoms with Gasteiger partial charge in [-0.3, -0.25) is 0 Å². The quantitative estimate of drug-likeness (QED) is 0.280. The first-order chi connectivity index (χ1) is 16.8. The molecule has 4 aromatic carbocycles. The number of aromatic nitrogens is 2. The topological polar surface area (TPSA) is 52.0 Å². The molecular weight excluding hydrogens is 452 g/mol. The molecule has 5 heteroatoms. The Balaban J connectivity index is 1.81. The molecule has 4 nitrogen and oxygen atoms in total. The molecule has 5 rings (SSSR count). The lowest BCUT2D eigenvalue weighted by atomic mass is 9.95. The second kappa shape index (κ2) is 9.01. The van der Waals surface area contributed by atoms with Gasteiger partial charge in [-0.2, -0.15) is 0 Å². The summed E-state index contributed by atoms with van der Waals surface area (Å²) in [6, 6.07) is 30.7. The number of hydrogen-bond acceptors (Lipinski definition) is 3. The summed E-state index contributed by atoms with van der Waals surface area (Å²) < 4.78 is 29.2. The molecule has 0 unspecified atom stereocenters. The van der Waals surface area contributed by atoms with Gasteiger partial charge in [-0.1, -0.05) is 89.5 Å². The fourth-order valence-electron chi connectivity index (χ4n) is 4.27. The van der Waals surface area contributed by atoms with Crippen LogP contribution in [0.5, 0.6) is 0 Å². The highest BCUT2D eigenvalue weighted by Gasteiger charge is 2.24. The summed E-state index contributed by atoms with van der Waals surface area (Å²) >= 11 is 0. The van der Waals surface area contributed by atoms with Crippen LogP contribution in [0.2, 0.25) is 0 Å². The molecule has 0 saturated heterocycles. The smallest absolute Gasteiger partial charge is 0.228 e. The van der Waals surface area contributed by atoms with Crippen molar-refractivity contribution in [2.45, 2.75) is 25.7 Å². The molecular formula is C30H26N2O2S. The summed E-state index contributed by atoms with van der Waals surface area (Å²) in [6.07, 6.45) is 1.88. The molecule has 0 bridgehead atoms. The lowest BCUT2D eigenvalue weighted by Gasteiger charge is -2.13. The summed E-state index contributed by atoms with van der Waals surface area (Å²) in [7, 11) is -3.89. The van der Waals surface area contributed by atoms with Gasteiger partial charge in [0.1, 0.15) is 5.82 Å². The average molecular weight is 479 g/mol. The molecule has 0 aliphatic heterocycles. The van der Waals surface area contributed by atoms with Crippen LogP contribution in [0.15, 0.2) is 102 Å². The minimum absolute atomic E-state index is 0.230. The van der Waals surface area contributed by atoms with E-state index in [1.54, 1.807) is 18.2 Å². The predicted molar refractivity (Wildman–Crippen MR) is 143 cm³/mol. The van der Waals surface area contributed by atoms with Crippen molar-refractivity contribution in [3.8, 4) is 0 Å². The summed E-state index contributed by atoms with van der Waals surface area (Å²) in [5.74, 6) is 0.366. The second-order valence-electron chi connectivity index (χ2n) is 8.84. The van der Waals surface area contributed by atoms with E-state index in [4.69, 9.17) is 4.98 Å². The SMILES string of the molecule is Cc1ccc(S(=O)(=O)n2c(C=C(c3cccc(C)c3)c3cccc(C)c3)nc3ccccc32)cc1. The van der Waals surface area contributed by atoms with E-state index < -0.39 is 10.0 Å². The Morgan fingerprint density at radius 2 is 1.31 bits per heavy atom. The lowest BCUT2D eigenvalue weighted by molar-refractivity contribution is 0.588. The van der Waals surface area contributed by atoms with Gasteiger partial charge in [0.15, 0.2) is 0 Å². The highest BCUT2D eigenvalue weighted by atomic mass is 32.2. The highest BCUT2D eigenvalue weighted by molar-refractivity contribution is 7.90. The zero-order chi connectivity index (χ0) is 24.6. The third kappa shape index (κ3) is 4.43. The number of para-hydroxylation sites is 2. The maximum Gasteiger partial charge on any atom is 0.269 e. The van der Waals surface area contributed by atoms with Crippen molar-refractivity contribution in [1.82, 2.24) is 8.96 Å². The van der Waals surface area contributed by atoms with Gasteiger partial charge in [0.05, 0.1) is 15.9 Å². The third-order valence-electron chi connectivity index (χ3n) is 6.03. The van der Waals surface area contributed by atoms with E-state index in [1.807, 2.05) is 67.6 Å². The number of hydrogen-bond donors (Lipinski definition) is 0. The summed E-state index contributed by atoms with van der Waals surface area (Å²) in [6.45, 7) is 6.04. The number of nitrogens with zero attached hydrogens (tertiary/aromatic N) is 2. The maximum atomic E-state index is 13.9. The fourth-order valence-corrected chi connectivity index (χ4v) is 5.71. The van der Waals surface area contributed by atoms with Gasteiger partial charge in [0.2, 0.25) is 0 Å². The summed E-state index contributed by atoms with van der Waals surface area (Å²) in [4.78, 5) is 5.00. The zero-order valence-corrected chi connectivity index (χ0v) is 20.8. The Kier molecular flexibility index (Phi) is 5.87. The minimum atomic E-state index is -3.89. The Bertz CT molecular complexity index is 1630. The van der Waals surface area contributed by atoms with Crippen molar-refractivity contribution in [2.24, 2.45) is 0 Å². The number of imidazole rings is 1. The molecule has 0 amide bonds. The van der Waals surface area contributed by atoms with Crippen molar-refractivity contribution in [3.63, 3.8) is 0 Å². The van der Waals surface area contributed by atoms with Gasteiger partial charge in [0.25, 0.3) is 10.0 Å². The molecule has 0 fully saturated rings. The van der Waals surface area contributed by atoms with E-state index in [2.05, 4.69) is 38.1 Å². The zero-order valence-electron chi connectivity index (χ0n) is 19.9. The van der Waals surface area contributed by atoms with Crippen LogP contribution in [-0.4, -0.2) is 17.4 Å². The number of fused-ring (bicyclic) bond motifs is 1. The first kappa shape index (κ1) is 22.8. The summed E-state index contributed by atoms with van der Waals surface area (Å²) in [5, 5.41) is 0. The van der Waals surface area contributed by atoms with Crippen LogP contribution in [0, 0.1) is 20.8 Å². The van der Waals surface area contributed by atoms with E-state index in [-0.39, 0.29) is 4.90 Å². The van der Waals surface area contributed by atoms with Crippen molar-refractivity contribution >= 4 is 32.7 Å². The maximum absolute atomic E-state index is 13.9. The molecule has 0 aliphatic rings. The van der Waals surface area contributed by atoms with E-state index in [9.17, 15) is 8.42 Å². The number of aryl methyl sites for hydroxylation is 3.